The molecular weight excluding hydrogens is 248 g/mol. The molecule has 0 radical (unpaired) electrons. The molecule has 1 fully saturated rings. The molecule has 1 aliphatic rings. The fourth-order valence-electron chi connectivity index (χ4n) is 2.84. The molecule has 0 amide bonds. The average molecular weight is 270 g/mol. The number of fused-ring (bicyclic) bond motifs is 1. The molecule has 2 heterocycles. The lowest BCUT2D eigenvalue weighted by molar-refractivity contribution is 0.247. The number of hydrogen-bond donors (Lipinski definition) is 1. The van der Waals surface area contributed by atoms with Crippen LogP contribution in [0.25, 0.3) is 10.9 Å². The van der Waals surface area contributed by atoms with Crippen molar-refractivity contribution in [2.24, 2.45) is 5.92 Å². The van der Waals surface area contributed by atoms with E-state index in [0.29, 0.717) is 0 Å². The summed E-state index contributed by atoms with van der Waals surface area (Å²) in [5.41, 5.74) is 2.12. The summed E-state index contributed by atoms with van der Waals surface area (Å²) in [6.07, 6.45) is 3.72. The Bertz CT molecular complexity index is 576. The molecule has 3 rings (SSSR count). The van der Waals surface area contributed by atoms with E-state index in [1.165, 1.54) is 24.8 Å². The van der Waals surface area contributed by atoms with Gasteiger partial charge in [0, 0.05) is 10.9 Å². The molecule has 20 heavy (non-hydrogen) atoms. The predicted molar refractivity (Wildman–Crippen MR) is 82.2 cm³/mol. The van der Waals surface area contributed by atoms with Gasteiger partial charge in [-0.15, -0.1) is 0 Å². The second-order valence-corrected chi connectivity index (χ2v) is 5.65. The van der Waals surface area contributed by atoms with Crippen LogP contribution in [0, 0.1) is 12.8 Å². The molecule has 1 N–H and O–H groups in total. The van der Waals surface area contributed by atoms with Gasteiger partial charge < -0.3 is 10.1 Å². The second-order valence-electron chi connectivity index (χ2n) is 5.65. The van der Waals surface area contributed by atoms with Gasteiger partial charge in [0.2, 0.25) is 5.88 Å². The van der Waals surface area contributed by atoms with E-state index in [2.05, 4.69) is 29.4 Å². The van der Waals surface area contributed by atoms with Crippen LogP contribution in [0.15, 0.2) is 30.3 Å². The summed E-state index contributed by atoms with van der Waals surface area (Å²) in [6.45, 7) is 5.13. The number of nitrogens with one attached hydrogen (secondary N) is 1. The lowest BCUT2D eigenvalue weighted by Crippen LogP contribution is -2.30. The van der Waals surface area contributed by atoms with Crippen LogP contribution < -0.4 is 10.1 Å². The Labute approximate surface area is 120 Å². The Morgan fingerprint density at radius 1 is 1.35 bits per heavy atom. The molecule has 1 aliphatic heterocycles. The fourth-order valence-corrected chi connectivity index (χ4v) is 2.84. The number of aryl methyl sites for hydroxylation is 1. The summed E-state index contributed by atoms with van der Waals surface area (Å²) >= 11 is 0. The van der Waals surface area contributed by atoms with Crippen molar-refractivity contribution < 1.29 is 4.74 Å². The topological polar surface area (TPSA) is 34.1 Å². The minimum Gasteiger partial charge on any atom is -0.477 e. The quantitative estimate of drug-likeness (QED) is 0.925. The van der Waals surface area contributed by atoms with Gasteiger partial charge >= 0.3 is 0 Å². The number of para-hydroxylation sites is 1. The summed E-state index contributed by atoms with van der Waals surface area (Å²) in [5.74, 6) is 1.54. The summed E-state index contributed by atoms with van der Waals surface area (Å²) in [6, 6.07) is 10.3. The van der Waals surface area contributed by atoms with Crippen molar-refractivity contribution in [1.29, 1.82) is 0 Å². The highest BCUT2D eigenvalue weighted by Crippen LogP contribution is 2.22. The van der Waals surface area contributed by atoms with Gasteiger partial charge in [0.05, 0.1) is 12.1 Å². The van der Waals surface area contributed by atoms with Crippen molar-refractivity contribution in [3.8, 4) is 5.88 Å². The third kappa shape index (κ3) is 3.10. The number of benzene rings is 1. The summed E-state index contributed by atoms with van der Waals surface area (Å²) in [4.78, 5) is 4.62. The van der Waals surface area contributed by atoms with Crippen LogP contribution in [0.2, 0.25) is 0 Å². The van der Waals surface area contributed by atoms with E-state index in [-0.39, 0.29) is 0 Å². The normalized spacial score (nSPS) is 19.1. The first-order chi connectivity index (χ1) is 9.83. The predicted octanol–water partition coefficient (Wildman–Crippen LogP) is 3.31. The minimum atomic E-state index is 0.754. The SMILES string of the molecule is Cc1cc2ccccc2nc1OCCC1CCCNC1. The van der Waals surface area contributed by atoms with E-state index in [1.54, 1.807) is 0 Å². The molecule has 2 aromatic rings. The van der Waals surface area contributed by atoms with Gasteiger partial charge in [0.25, 0.3) is 0 Å². The van der Waals surface area contributed by atoms with Crippen LogP contribution in [0.4, 0.5) is 0 Å². The Kier molecular flexibility index (Phi) is 4.16. The maximum absolute atomic E-state index is 5.91. The summed E-state index contributed by atoms with van der Waals surface area (Å²) in [7, 11) is 0. The van der Waals surface area contributed by atoms with Crippen LogP contribution in [0.1, 0.15) is 24.8 Å². The van der Waals surface area contributed by atoms with Crippen LogP contribution in [0.5, 0.6) is 5.88 Å². The van der Waals surface area contributed by atoms with E-state index >= 15 is 0 Å². The number of nitrogens with zero attached hydrogens (tertiary/aromatic N) is 1. The molecule has 1 saturated heterocycles. The first kappa shape index (κ1) is 13.4. The molecule has 0 bridgehead atoms. The number of rotatable bonds is 4. The molecule has 0 spiro atoms. The first-order valence-electron chi connectivity index (χ1n) is 7.53. The highest BCUT2D eigenvalue weighted by Gasteiger charge is 2.13. The van der Waals surface area contributed by atoms with Crippen molar-refractivity contribution in [1.82, 2.24) is 10.3 Å². The molecule has 3 nitrogen and oxygen atoms in total. The van der Waals surface area contributed by atoms with Crippen molar-refractivity contribution in [3.63, 3.8) is 0 Å². The van der Waals surface area contributed by atoms with E-state index < -0.39 is 0 Å². The van der Waals surface area contributed by atoms with Gasteiger partial charge in [-0.1, -0.05) is 18.2 Å². The van der Waals surface area contributed by atoms with E-state index in [4.69, 9.17) is 4.74 Å². The monoisotopic (exact) mass is 270 g/mol. The third-order valence-electron chi connectivity index (χ3n) is 4.03. The molecule has 3 heteroatoms. The number of pyridine rings is 1. The molecule has 0 aliphatic carbocycles. The molecule has 1 unspecified atom stereocenters. The molecular formula is C17H22N2O. The van der Waals surface area contributed by atoms with E-state index in [1.807, 2.05) is 18.2 Å². The van der Waals surface area contributed by atoms with Crippen LogP contribution in [0.3, 0.4) is 0 Å². The van der Waals surface area contributed by atoms with Crippen molar-refractivity contribution in [3.05, 3.63) is 35.9 Å². The van der Waals surface area contributed by atoms with Gasteiger partial charge in [-0.25, -0.2) is 4.98 Å². The highest BCUT2D eigenvalue weighted by atomic mass is 16.5. The van der Waals surface area contributed by atoms with Gasteiger partial charge in [0.15, 0.2) is 0 Å². The van der Waals surface area contributed by atoms with Crippen LogP contribution in [-0.2, 0) is 0 Å². The fraction of sp³-hybridized carbons (Fsp3) is 0.471. The zero-order chi connectivity index (χ0) is 13.8. The smallest absolute Gasteiger partial charge is 0.216 e. The third-order valence-corrected chi connectivity index (χ3v) is 4.03. The zero-order valence-corrected chi connectivity index (χ0v) is 12.1. The van der Waals surface area contributed by atoms with Crippen LogP contribution in [-0.4, -0.2) is 24.7 Å². The maximum atomic E-state index is 5.91. The Hall–Kier alpha value is -1.61. The van der Waals surface area contributed by atoms with Gasteiger partial charge in [-0.05, 0) is 57.3 Å². The first-order valence-corrected chi connectivity index (χ1v) is 7.53. The molecule has 1 aromatic heterocycles. The Morgan fingerprint density at radius 2 is 2.25 bits per heavy atom. The van der Waals surface area contributed by atoms with E-state index in [9.17, 15) is 0 Å². The Morgan fingerprint density at radius 3 is 3.10 bits per heavy atom. The van der Waals surface area contributed by atoms with Crippen molar-refractivity contribution in [2.75, 3.05) is 19.7 Å². The average Bonchev–Trinajstić information content (AvgIpc) is 2.49. The maximum Gasteiger partial charge on any atom is 0.216 e. The molecule has 0 saturated carbocycles. The summed E-state index contributed by atoms with van der Waals surface area (Å²) < 4.78 is 5.91. The highest BCUT2D eigenvalue weighted by molar-refractivity contribution is 5.79. The second kappa shape index (κ2) is 6.23. The Balaban J connectivity index is 1.63. The minimum absolute atomic E-state index is 0.754. The summed E-state index contributed by atoms with van der Waals surface area (Å²) in [5, 5.41) is 4.62. The molecule has 1 aromatic carbocycles. The number of hydrogen-bond acceptors (Lipinski definition) is 3. The van der Waals surface area contributed by atoms with Gasteiger partial charge in [0.1, 0.15) is 0 Å². The number of piperidine rings is 1. The van der Waals surface area contributed by atoms with Crippen molar-refractivity contribution in [2.45, 2.75) is 26.2 Å². The molecule has 106 valence electrons. The largest absolute Gasteiger partial charge is 0.477 e. The zero-order valence-electron chi connectivity index (χ0n) is 12.1. The van der Waals surface area contributed by atoms with Gasteiger partial charge in [-0.2, -0.15) is 0 Å². The lowest BCUT2D eigenvalue weighted by Gasteiger charge is -2.22. The molecule has 1 atom stereocenters. The number of ether oxygens (including phenoxy) is 1. The lowest BCUT2D eigenvalue weighted by atomic mass is 9.97. The van der Waals surface area contributed by atoms with Crippen LogP contribution >= 0.6 is 0 Å². The van der Waals surface area contributed by atoms with Crippen molar-refractivity contribution >= 4 is 10.9 Å². The van der Waals surface area contributed by atoms with Gasteiger partial charge in [-0.3, -0.25) is 0 Å². The van der Waals surface area contributed by atoms with E-state index in [0.717, 1.165) is 42.5 Å². The standard InChI is InChI=1S/C17H22N2O/c1-13-11-15-6-2-3-7-16(15)19-17(13)20-10-8-14-5-4-9-18-12-14/h2-3,6-7,11,14,18H,4-5,8-10,12H2,1H3. The number of aromatic nitrogens is 1.